The zero-order chi connectivity index (χ0) is 32.4. The molecule has 0 saturated heterocycles. The molecular weight excluding hydrogens is 697 g/mol. The van der Waals surface area contributed by atoms with E-state index in [-0.39, 0.29) is 0 Å². The molecule has 0 nitrogen and oxygen atoms in total. The summed E-state index contributed by atoms with van der Waals surface area (Å²) in [5.74, 6) is 6.07. The second-order valence-electron chi connectivity index (χ2n) is 11.8. The van der Waals surface area contributed by atoms with E-state index in [4.69, 9.17) is 0 Å². The number of hydrogen-bond acceptors (Lipinski definition) is 6. The Balaban J connectivity index is 1.02. The summed E-state index contributed by atoms with van der Waals surface area (Å²) < 4.78 is 0. The molecular formula is C42H36S6. The van der Waals surface area contributed by atoms with Crippen molar-refractivity contribution in [2.24, 2.45) is 0 Å². The van der Waals surface area contributed by atoms with Crippen molar-refractivity contribution in [1.82, 2.24) is 0 Å². The molecule has 14 heterocycles. The molecule has 20 rings (SSSR count). The first-order valence-corrected chi connectivity index (χ1v) is 23.5. The summed E-state index contributed by atoms with van der Waals surface area (Å²) in [7, 11) is 11.6. The molecule has 0 radical (unpaired) electrons. The van der Waals surface area contributed by atoms with Gasteiger partial charge in [-0.2, -0.15) is 0 Å². The largest absolute Gasteiger partial charge is 0.0890 e. The maximum Gasteiger partial charge on any atom is 0.0288 e. The van der Waals surface area contributed by atoms with Crippen molar-refractivity contribution < 1.29 is 0 Å². The topological polar surface area (TPSA) is 0 Å². The molecule has 0 aromatic heterocycles. The summed E-state index contributed by atoms with van der Waals surface area (Å²) in [5, 5.41) is 0. The first-order valence-electron chi connectivity index (χ1n) is 16.0. The predicted octanol–water partition coefficient (Wildman–Crippen LogP) is 14.2. The van der Waals surface area contributed by atoms with Crippen LogP contribution in [0.4, 0.5) is 0 Å². The van der Waals surface area contributed by atoms with Gasteiger partial charge >= 0.3 is 0 Å². The van der Waals surface area contributed by atoms with E-state index in [0.717, 1.165) is 34.5 Å². The van der Waals surface area contributed by atoms with Crippen molar-refractivity contribution in [1.29, 1.82) is 0 Å². The van der Waals surface area contributed by atoms with Gasteiger partial charge in [-0.15, -0.1) is 0 Å². The highest BCUT2D eigenvalue weighted by atomic mass is 33.1. The average Bonchev–Trinajstić information content (AvgIpc) is 3.15. The van der Waals surface area contributed by atoms with Crippen LogP contribution in [0.3, 0.4) is 0 Å². The van der Waals surface area contributed by atoms with E-state index in [1.54, 1.807) is 0 Å². The van der Waals surface area contributed by atoms with Crippen molar-refractivity contribution in [2.45, 2.75) is 34.5 Å². The van der Waals surface area contributed by atoms with E-state index in [1.165, 1.54) is 66.8 Å². The summed E-state index contributed by atoms with van der Waals surface area (Å²) in [4.78, 5) is 0. The molecule has 0 aliphatic carbocycles. The highest BCUT2D eigenvalue weighted by Gasteiger charge is 2.05. The predicted molar refractivity (Wildman–Crippen MR) is 223 cm³/mol. The average molecular weight is 733 g/mol. The summed E-state index contributed by atoms with van der Waals surface area (Å²) in [5.41, 5.74) is 15.9. The van der Waals surface area contributed by atoms with Crippen molar-refractivity contribution in [3.8, 4) is 33.4 Å². The van der Waals surface area contributed by atoms with Gasteiger partial charge in [0.15, 0.2) is 0 Å². The molecule has 0 N–H and O–H groups in total. The molecule has 6 heteroatoms. The minimum Gasteiger partial charge on any atom is -0.0890 e. The van der Waals surface area contributed by atoms with Crippen LogP contribution in [0.25, 0.3) is 33.4 Å². The number of hydrogen-bond donors (Lipinski definition) is 0. The molecule has 0 amide bonds. The van der Waals surface area contributed by atoms with Crippen molar-refractivity contribution >= 4 is 64.8 Å². The Morgan fingerprint density at radius 2 is 0.312 bits per heavy atom. The molecule has 0 unspecified atom stereocenters. The summed E-state index contributed by atoms with van der Waals surface area (Å²) >= 11 is 0. The molecule has 0 spiro atoms. The molecule has 6 aromatic carbocycles. The molecule has 14 aliphatic rings. The van der Waals surface area contributed by atoms with Gasteiger partial charge in [0, 0.05) is 34.5 Å². The maximum atomic E-state index is 2.28. The lowest BCUT2D eigenvalue weighted by atomic mass is 10.0. The fourth-order valence-corrected chi connectivity index (χ4v) is 11.8. The van der Waals surface area contributed by atoms with Gasteiger partial charge in [-0.05, 0) is 66.8 Å². The lowest BCUT2D eigenvalue weighted by Crippen LogP contribution is -1.85. The Kier molecular flexibility index (Phi) is 12.3. The monoisotopic (exact) mass is 732 g/mol. The highest BCUT2D eigenvalue weighted by Crippen LogP contribution is 2.34. The maximum absolute atomic E-state index is 2.28. The second-order valence-corrected chi connectivity index (χ2v) is 19.1. The van der Waals surface area contributed by atoms with Crippen LogP contribution in [-0.4, -0.2) is 0 Å². The third-order valence-corrected chi connectivity index (χ3v) is 15.2. The van der Waals surface area contributed by atoms with Gasteiger partial charge in [-0.25, -0.2) is 0 Å². The van der Waals surface area contributed by atoms with Crippen molar-refractivity contribution in [3.05, 3.63) is 179 Å². The Morgan fingerprint density at radius 3 is 0.438 bits per heavy atom. The van der Waals surface area contributed by atoms with E-state index in [9.17, 15) is 0 Å². The third kappa shape index (κ3) is 9.56. The number of rotatable bonds is 0. The third-order valence-electron chi connectivity index (χ3n) is 8.33. The lowest BCUT2D eigenvalue weighted by Gasteiger charge is -2.08. The van der Waals surface area contributed by atoms with Crippen LogP contribution in [0.1, 0.15) is 33.4 Å². The standard InChI is InChI=1S/C42H36S6/c1-13-37-14-2-31(1)25-43-44-26-33-5-17-39(18-6-33)40-19-7-35(8-20-40)29-47-48-30-36-11-23-42(24-12-36)41-21-9-34(10-22-41)28-46-45-27-32-3-15-38(37)16-4-32/h1-24H,25-30H2. The van der Waals surface area contributed by atoms with Gasteiger partial charge in [0.25, 0.3) is 0 Å². The van der Waals surface area contributed by atoms with Gasteiger partial charge in [-0.3, -0.25) is 0 Å². The van der Waals surface area contributed by atoms with Crippen LogP contribution in [-0.2, 0) is 34.5 Å². The van der Waals surface area contributed by atoms with Crippen molar-refractivity contribution in [2.75, 3.05) is 0 Å². The zero-order valence-corrected chi connectivity index (χ0v) is 31.4. The summed E-state index contributed by atoms with van der Waals surface area (Å²) in [6, 6.07) is 54.5. The molecule has 12 bridgehead atoms. The Labute approximate surface area is 309 Å². The molecule has 48 heavy (non-hydrogen) atoms. The fraction of sp³-hybridized carbons (Fsp3) is 0.143. The fourth-order valence-electron chi connectivity index (χ4n) is 5.42. The minimum absolute atomic E-state index is 1.01. The van der Waals surface area contributed by atoms with Crippen LogP contribution in [0.5, 0.6) is 0 Å². The Hall–Kier alpha value is -2.58. The van der Waals surface area contributed by atoms with Gasteiger partial charge in [0.2, 0.25) is 0 Å². The summed E-state index contributed by atoms with van der Waals surface area (Å²) in [6.45, 7) is 0. The van der Waals surface area contributed by atoms with Crippen LogP contribution < -0.4 is 0 Å². The van der Waals surface area contributed by atoms with E-state index >= 15 is 0 Å². The second kappa shape index (κ2) is 17.4. The first-order chi connectivity index (χ1) is 23.7. The van der Waals surface area contributed by atoms with Crippen LogP contribution in [0.2, 0.25) is 0 Å². The number of benzene rings is 6. The Morgan fingerprint density at radius 1 is 0.188 bits per heavy atom. The minimum atomic E-state index is 1.01. The molecule has 0 saturated carbocycles. The highest BCUT2D eigenvalue weighted by molar-refractivity contribution is 8.76. The summed E-state index contributed by atoms with van der Waals surface area (Å²) in [6.07, 6.45) is 0. The van der Waals surface area contributed by atoms with E-state index in [1.807, 2.05) is 64.8 Å². The molecule has 6 aromatic rings. The van der Waals surface area contributed by atoms with Crippen molar-refractivity contribution in [3.63, 3.8) is 0 Å². The van der Waals surface area contributed by atoms with E-state index in [0.29, 0.717) is 0 Å². The van der Waals surface area contributed by atoms with Gasteiger partial charge in [0.05, 0.1) is 0 Å². The van der Waals surface area contributed by atoms with Gasteiger partial charge in [-0.1, -0.05) is 210 Å². The van der Waals surface area contributed by atoms with Crippen LogP contribution >= 0.6 is 64.8 Å². The van der Waals surface area contributed by atoms with Crippen LogP contribution in [0, 0.1) is 0 Å². The molecule has 240 valence electrons. The van der Waals surface area contributed by atoms with E-state index < -0.39 is 0 Å². The molecule has 14 aliphatic heterocycles. The van der Waals surface area contributed by atoms with E-state index in [2.05, 4.69) is 146 Å². The zero-order valence-electron chi connectivity index (χ0n) is 26.5. The first kappa shape index (κ1) is 33.9. The van der Waals surface area contributed by atoms with Crippen LogP contribution in [0.15, 0.2) is 146 Å². The normalized spacial score (nSPS) is 14.5. The molecule has 0 atom stereocenters. The van der Waals surface area contributed by atoms with Gasteiger partial charge in [0.1, 0.15) is 0 Å². The lowest BCUT2D eigenvalue weighted by molar-refractivity contribution is 1.40. The quantitative estimate of drug-likeness (QED) is 0.142. The SMILES string of the molecule is c1cc2ccc1CSSCc1ccc(cc1)-c1ccc(cc1)CSSCc1ccc(cc1)-c1ccc(cc1)CSSCc1ccc-2cc1. The smallest absolute Gasteiger partial charge is 0.0288 e. The molecule has 0 fully saturated rings. The Bertz CT molecular complexity index is 1500. The van der Waals surface area contributed by atoms with Gasteiger partial charge < -0.3 is 0 Å².